The number of aliphatic hydroxyl groups excluding tert-OH is 1. The number of fused-ring (bicyclic) bond motifs is 2. The minimum atomic E-state index is -3.13. The highest BCUT2D eigenvalue weighted by molar-refractivity contribution is 5.97. The first kappa shape index (κ1) is 32.0. The van der Waals surface area contributed by atoms with Crippen LogP contribution < -0.4 is 9.47 Å². The third-order valence-corrected chi connectivity index (χ3v) is 7.08. The van der Waals surface area contributed by atoms with Crippen LogP contribution >= 0.6 is 0 Å². The van der Waals surface area contributed by atoms with Crippen LogP contribution in [-0.2, 0) is 20.1 Å². The van der Waals surface area contributed by atoms with E-state index in [2.05, 4.69) is 10.2 Å². The van der Waals surface area contributed by atoms with E-state index in [4.69, 9.17) is 24.7 Å². The molecule has 1 aromatic carbocycles. The van der Waals surface area contributed by atoms with E-state index in [1.54, 1.807) is 33.0 Å². The normalized spacial score (nSPS) is 13.1. The summed E-state index contributed by atoms with van der Waals surface area (Å²) in [5, 5.41) is 25.3. The van der Waals surface area contributed by atoms with Gasteiger partial charge < -0.3 is 24.3 Å². The molecule has 3 aliphatic rings. The molecule has 2 aromatic heterocycles. The number of nitrogens with zero attached hydrogens (tertiary/aromatic N) is 6. The van der Waals surface area contributed by atoms with Gasteiger partial charge in [-0.05, 0) is 38.0 Å². The summed E-state index contributed by atoms with van der Waals surface area (Å²) >= 11 is 0. The SMILES string of the molecule is CC(C)(O)CCO.Cn1cc(-c2c3cccn(Cc4ccccc4)c-3nc2-c2c(C(F)F)nn3c2OCCC3)c(OC(F)F)n1. The Balaban J connectivity index is 0.000000515. The lowest BCUT2D eigenvalue weighted by atomic mass is 9.98. The summed E-state index contributed by atoms with van der Waals surface area (Å²) in [5.74, 6) is 0.312. The highest BCUT2D eigenvalue weighted by atomic mass is 19.3. The molecule has 5 heterocycles. The maximum atomic E-state index is 14.3. The third kappa shape index (κ3) is 7.12. The van der Waals surface area contributed by atoms with Gasteiger partial charge in [-0.15, -0.1) is 5.10 Å². The third-order valence-electron chi connectivity index (χ3n) is 7.08. The number of halogens is 4. The number of rotatable bonds is 9. The number of aromatic nitrogens is 6. The lowest BCUT2D eigenvalue weighted by Crippen LogP contribution is -2.19. The molecule has 0 amide bonds. The van der Waals surface area contributed by atoms with Crippen LogP contribution in [0.2, 0.25) is 0 Å². The van der Waals surface area contributed by atoms with Crippen molar-refractivity contribution in [2.24, 2.45) is 7.05 Å². The summed E-state index contributed by atoms with van der Waals surface area (Å²) in [5.41, 5.74) is 1.06. The van der Waals surface area contributed by atoms with E-state index in [0.717, 1.165) is 5.56 Å². The fraction of sp³-hybridized carbons (Fsp3) is 0.387. The zero-order valence-corrected chi connectivity index (χ0v) is 25.0. The Labute approximate surface area is 256 Å². The summed E-state index contributed by atoms with van der Waals surface area (Å²) < 4.78 is 70.4. The number of benzene rings is 1. The van der Waals surface area contributed by atoms with Gasteiger partial charge >= 0.3 is 6.61 Å². The topological polar surface area (TPSA) is 112 Å². The number of aryl methyl sites for hydroxylation is 2. The van der Waals surface area contributed by atoms with Gasteiger partial charge in [-0.25, -0.2) is 18.4 Å². The first-order chi connectivity index (χ1) is 21.5. The molecule has 0 unspecified atom stereocenters. The molecule has 0 saturated heterocycles. The fourth-order valence-corrected chi connectivity index (χ4v) is 5.12. The van der Waals surface area contributed by atoms with Crippen molar-refractivity contribution >= 4 is 0 Å². The maximum Gasteiger partial charge on any atom is 0.388 e. The van der Waals surface area contributed by atoms with Crippen molar-refractivity contribution in [1.29, 1.82) is 0 Å². The van der Waals surface area contributed by atoms with Gasteiger partial charge in [0.05, 0.1) is 29.0 Å². The van der Waals surface area contributed by atoms with Gasteiger partial charge in [0.2, 0.25) is 11.8 Å². The number of hydrogen-bond acceptors (Lipinski definition) is 7. The predicted octanol–water partition coefficient (Wildman–Crippen LogP) is 5.76. The van der Waals surface area contributed by atoms with E-state index >= 15 is 0 Å². The van der Waals surface area contributed by atoms with E-state index in [9.17, 15) is 17.6 Å². The number of alkyl halides is 4. The largest absolute Gasteiger partial charge is 0.477 e. The smallest absolute Gasteiger partial charge is 0.388 e. The fourth-order valence-electron chi connectivity index (χ4n) is 5.12. The molecule has 6 rings (SSSR count). The minimum absolute atomic E-state index is 0.0315. The molecule has 3 aliphatic heterocycles. The van der Waals surface area contributed by atoms with Crippen molar-refractivity contribution in [3.05, 3.63) is 66.1 Å². The molecule has 0 bridgehead atoms. The Morgan fingerprint density at radius 2 is 1.78 bits per heavy atom. The number of pyridine rings is 1. The zero-order valence-electron chi connectivity index (χ0n) is 25.0. The number of ether oxygens (including phenoxy) is 2. The molecular weight excluding hydrogens is 596 g/mol. The molecule has 10 nitrogen and oxygen atoms in total. The van der Waals surface area contributed by atoms with Gasteiger partial charge in [0.1, 0.15) is 11.5 Å². The van der Waals surface area contributed by atoms with Crippen LogP contribution in [0.3, 0.4) is 0 Å². The molecule has 0 radical (unpaired) electrons. The summed E-state index contributed by atoms with van der Waals surface area (Å²) in [6.45, 7) is 1.46. The second-order valence-electron chi connectivity index (χ2n) is 11.2. The molecule has 0 spiro atoms. The predicted molar refractivity (Wildman–Crippen MR) is 158 cm³/mol. The number of hydrogen-bond donors (Lipinski definition) is 2. The highest BCUT2D eigenvalue weighted by Gasteiger charge is 2.35. The average Bonchev–Trinajstić information content (AvgIpc) is 3.65. The molecule has 45 heavy (non-hydrogen) atoms. The Morgan fingerprint density at radius 1 is 1.02 bits per heavy atom. The van der Waals surface area contributed by atoms with Gasteiger partial charge in [0.15, 0.2) is 0 Å². The van der Waals surface area contributed by atoms with Gasteiger partial charge in [0.25, 0.3) is 6.43 Å². The molecule has 14 heteroatoms. The van der Waals surface area contributed by atoms with Crippen LogP contribution in [0, 0.1) is 0 Å². The molecule has 3 aromatic rings. The molecule has 2 N–H and O–H groups in total. The van der Waals surface area contributed by atoms with E-state index < -0.39 is 24.3 Å². The van der Waals surface area contributed by atoms with E-state index in [1.807, 2.05) is 41.1 Å². The Kier molecular flexibility index (Phi) is 9.44. The van der Waals surface area contributed by atoms with Gasteiger partial charge in [-0.1, -0.05) is 30.3 Å². The molecule has 0 atom stereocenters. The second-order valence-corrected chi connectivity index (χ2v) is 11.2. The first-order valence-corrected chi connectivity index (χ1v) is 14.3. The second kappa shape index (κ2) is 13.3. The van der Waals surface area contributed by atoms with Crippen LogP contribution in [0.15, 0.2) is 54.9 Å². The van der Waals surface area contributed by atoms with Crippen molar-refractivity contribution in [2.45, 2.75) is 58.4 Å². The van der Waals surface area contributed by atoms with E-state index in [0.29, 0.717) is 49.5 Å². The van der Waals surface area contributed by atoms with Crippen molar-refractivity contribution < 1.29 is 37.2 Å². The monoisotopic (exact) mass is 630 g/mol. The van der Waals surface area contributed by atoms with Gasteiger partial charge in [0, 0.05) is 56.7 Å². The summed E-state index contributed by atoms with van der Waals surface area (Å²) in [7, 11) is 1.56. The van der Waals surface area contributed by atoms with Crippen molar-refractivity contribution in [1.82, 2.24) is 29.1 Å². The zero-order chi connectivity index (χ0) is 32.3. The molecule has 240 valence electrons. The van der Waals surface area contributed by atoms with Crippen LogP contribution in [0.1, 0.15) is 44.4 Å². The molecular formula is C31H34F4N6O4. The Bertz CT molecular complexity index is 1690. The summed E-state index contributed by atoms with van der Waals surface area (Å²) in [6.07, 6.45) is 1.49. The number of aliphatic hydroxyl groups is 2. The Morgan fingerprint density at radius 3 is 2.42 bits per heavy atom. The standard InChI is InChI=1S/C26H22F4N6O2.C5H12O2/c1-34-14-17(24(33-34)38-26(29)30)18-16-9-5-10-35(13-15-7-3-2-4-8-15)23(16)31-20(18)19-21(22(27)28)32-36-11-6-12-37-25(19)36;1-5(2,7)3-4-6/h2-5,7-10,14,22,26H,6,11-13H2,1H3;6-7H,3-4H2,1-2H3. The lowest BCUT2D eigenvalue weighted by molar-refractivity contribution is -0.0527. The van der Waals surface area contributed by atoms with Crippen molar-refractivity contribution in [3.63, 3.8) is 0 Å². The molecule has 0 aliphatic carbocycles. The summed E-state index contributed by atoms with van der Waals surface area (Å²) in [6, 6.07) is 13.2. The van der Waals surface area contributed by atoms with Crippen LogP contribution in [0.25, 0.3) is 33.8 Å². The lowest BCUT2D eigenvalue weighted by Gasteiger charge is -2.16. The van der Waals surface area contributed by atoms with E-state index in [-0.39, 0.29) is 35.2 Å². The molecule has 0 fully saturated rings. The first-order valence-electron chi connectivity index (χ1n) is 14.3. The highest BCUT2D eigenvalue weighted by Crippen LogP contribution is 2.49. The average molecular weight is 631 g/mol. The van der Waals surface area contributed by atoms with Gasteiger partial charge in [-0.2, -0.15) is 13.9 Å². The van der Waals surface area contributed by atoms with Crippen LogP contribution in [0.5, 0.6) is 11.8 Å². The van der Waals surface area contributed by atoms with Crippen molar-refractivity contribution in [2.75, 3.05) is 13.2 Å². The van der Waals surface area contributed by atoms with E-state index in [1.165, 1.54) is 15.6 Å². The Hall–Kier alpha value is -4.43. The van der Waals surface area contributed by atoms with Crippen LogP contribution in [-0.4, -0.2) is 64.8 Å². The minimum Gasteiger partial charge on any atom is -0.477 e. The maximum absolute atomic E-state index is 14.3. The quantitative estimate of drug-likeness (QED) is 0.199. The van der Waals surface area contributed by atoms with Crippen LogP contribution in [0.4, 0.5) is 17.6 Å². The van der Waals surface area contributed by atoms with Crippen molar-refractivity contribution in [3.8, 4) is 45.5 Å². The van der Waals surface area contributed by atoms with Gasteiger partial charge in [-0.3, -0.25) is 4.68 Å². The molecule has 0 saturated carbocycles. The summed E-state index contributed by atoms with van der Waals surface area (Å²) in [4.78, 5) is 4.82.